The predicted molar refractivity (Wildman–Crippen MR) is 99.7 cm³/mol. The molecule has 1 aromatic carbocycles. The minimum Gasteiger partial charge on any atom is -0.329 e. The molecule has 0 atom stereocenters. The number of amides is 1. The van der Waals surface area contributed by atoms with Gasteiger partial charge in [-0.15, -0.1) is 11.3 Å². The molecule has 8 heteroatoms. The second-order valence-corrected chi connectivity index (χ2v) is 7.37. The summed E-state index contributed by atoms with van der Waals surface area (Å²) in [7, 11) is 1.93. The van der Waals surface area contributed by atoms with Crippen LogP contribution in [0.5, 0.6) is 0 Å². The number of hydrogen-bond donors (Lipinski definition) is 1. The van der Waals surface area contributed by atoms with Crippen molar-refractivity contribution < 1.29 is 4.79 Å². The zero-order chi connectivity index (χ0) is 16.9. The van der Waals surface area contributed by atoms with Gasteiger partial charge in [0.2, 0.25) is 5.91 Å². The van der Waals surface area contributed by atoms with E-state index in [1.165, 1.54) is 11.3 Å². The van der Waals surface area contributed by atoms with E-state index in [2.05, 4.69) is 15.3 Å². The molecule has 0 unspecified atom stereocenters. The highest BCUT2D eigenvalue weighted by atomic mass is 35.5. The molecule has 3 rings (SSSR count). The Morgan fingerprint density at radius 3 is 2.88 bits per heavy atom. The number of nitrogens with one attached hydrogen (secondary N) is 1. The summed E-state index contributed by atoms with van der Waals surface area (Å²) in [4.78, 5) is 20.7. The van der Waals surface area contributed by atoms with Crippen molar-refractivity contribution in [2.75, 3.05) is 11.1 Å². The Balaban J connectivity index is 1.51. The molecule has 0 saturated carbocycles. The van der Waals surface area contributed by atoms with Gasteiger partial charge >= 0.3 is 0 Å². The molecule has 124 valence electrons. The number of nitrogens with zero attached hydrogens (tertiary/aromatic N) is 3. The number of hydrogen-bond acceptors (Lipinski definition) is 5. The highest BCUT2D eigenvalue weighted by Crippen LogP contribution is 2.26. The molecule has 3 aromatic rings. The summed E-state index contributed by atoms with van der Waals surface area (Å²) >= 11 is 8.85. The lowest BCUT2D eigenvalue weighted by molar-refractivity contribution is -0.115. The fourth-order valence-corrected chi connectivity index (χ4v) is 3.72. The van der Waals surface area contributed by atoms with Crippen LogP contribution in [0, 0.1) is 0 Å². The van der Waals surface area contributed by atoms with Crippen LogP contribution in [-0.4, -0.2) is 26.2 Å². The van der Waals surface area contributed by atoms with Crippen molar-refractivity contribution in [1.82, 2.24) is 14.5 Å². The molecular formula is C16H15ClN4OS2. The summed E-state index contributed by atoms with van der Waals surface area (Å²) in [6.45, 7) is 0. The molecule has 0 fully saturated rings. The summed E-state index contributed by atoms with van der Waals surface area (Å²) in [5, 5.41) is 6.95. The molecule has 2 heterocycles. The number of imidazole rings is 1. The van der Waals surface area contributed by atoms with E-state index >= 15 is 0 Å². The number of anilines is 1. The zero-order valence-electron chi connectivity index (χ0n) is 12.9. The molecule has 1 amide bonds. The fraction of sp³-hybridized carbons (Fsp3) is 0.188. The van der Waals surface area contributed by atoms with Crippen molar-refractivity contribution in [2.24, 2.45) is 7.05 Å². The van der Waals surface area contributed by atoms with Crippen LogP contribution in [0.15, 0.2) is 47.2 Å². The number of benzene rings is 1. The van der Waals surface area contributed by atoms with Gasteiger partial charge in [0.1, 0.15) is 0 Å². The molecule has 0 saturated heterocycles. The van der Waals surface area contributed by atoms with E-state index in [1.807, 2.05) is 47.5 Å². The quantitative estimate of drug-likeness (QED) is 0.649. The highest BCUT2D eigenvalue weighted by Gasteiger charge is 2.09. The van der Waals surface area contributed by atoms with Gasteiger partial charge in [-0.25, -0.2) is 9.97 Å². The van der Waals surface area contributed by atoms with E-state index < -0.39 is 0 Å². The highest BCUT2D eigenvalue weighted by molar-refractivity contribution is 7.99. The summed E-state index contributed by atoms with van der Waals surface area (Å²) < 4.78 is 1.93. The maximum atomic E-state index is 12.0. The minimum absolute atomic E-state index is 0.0475. The molecule has 0 aliphatic heterocycles. The lowest BCUT2D eigenvalue weighted by atomic mass is 10.2. The first-order valence-electron chi connectivity index (χ1n) is 7.23. The first-order chi connectivity index (χ1) is 11.6. The maximum Gasteiger partial charge on any atom is 0.226 e. The average molecular weight is 379 g/mol. The number of rotatable bonds is 6. The van der Waals surface area contributed by atoms with Crippen LogP contribution in [0.4, 0.5) is 5.13 Å². The topological polar surface area (TPSA) is 59.8 Å². The van der Waals surface area contributed by atoms with Crippen molar-refractivity contribution in [3.05, 3.63) is 47.1 Å². The SMILES string of the molecule is Cn1ccnc1SCCC(=O)Nc1nc(-c2ccc(Cl)cc2)cs1. The van der Waals surface area contributed by atoms with Gasteiger partial charge in [-0.1, -0.05) is 35.5 Å². The molecule has 5 nitrogen and oxygen atoms in total. The number of thioether (sulfide) groups is 1. The van der Waals surface area contributed by atoms with Gasteiger partial charge in [0, 0.05) is 47.6 Å². The molecule has 0 spiro atoms. The first kappa shape index (κ1) is 17.0. The minimum atomic E-state index is -0.0475. The van der Waals surface area contributed by atoms with Crippen LogP contribution in [0.2, 0.25) is 5.02 Å². The Labute approximate surface area is 153 Å². The van der Waals surface area contributed by atoms with Crippen LogP contribution >= 0.6 is 34.7 Å². The fourth-order valence-electron chi connectivity index (χ4n) is 1.99. The largest absolute Gasteiger partial charge is 0.329 e. The Hall–Kier alpha value is -1.83. The molecule has 0 aliphatic rings. The van der Waals surface area contributed by atoms with Crippen molar-refractivity contribution in [2.45, 2.75) is 11.6 Å². The van der Waals surface area contributed by atoms with Crippen LogP contribution in [0.25, 0.3) is 11.3 Å². The first-order valence-corrected chi connectivity index (χ1v) is 9.47. The third-order valence-corrected chi connectivity index (χ3v) is 5.30. The van der Waals surface area contributed by atoms with Gasteiger partial charge in [-0.2, -0.15) is 0 Å². The number of carbonyl (C=O) groups excluding carboxylic acids is 1. The third kappa shape index (κ3) is 4.37. The van der Waals surface area contributed by atoms with Crippen molar-refractivity contribution in [3.8, 4) is 11.3 Å². The van der Waals surface area contributed by atoms with Gasteiger partial charge in [-0.05, 0) is 12.1 Å². The molecule has 1 N–H and O–H groups in total. The second-order valence-electron chi connectivity index (χ2n) is 5.01. The van der Waals surface area contributed by atoms with E-state index in [0.29, 0.717) is 22.3 Å². The van der Waals surface area contributed by atoms with E-state index in [9.17, 15) is 4.79 Å². The predicted octanol–water partition coefficient (Wildman–Crippen LogP) is 4.32. The summed E-state index contributed by atoms with van der Waals surface area (Å²) in [6.07, 6.45) is 4.04. The van der Waals surface area contributed by atoms with Crippen LogP contribution < -0.4 is 5.32 Å². The third-order valence-electron chi connectivity index (χ3n) is 3.23. The Kier molecular flexibility index (Phi) is 5.55. The Morgan fingerprint density at radius 2 is 2.17 bits per heavy atom. The number of aryl methyl sites for hydroxylation is 1. The molecule has 0 aliphatic carbocycles. The van der Waals surface area contributed by atoms with E-state index in [0.717, 1.165) is 16.4 Å². The van der Waals surface area contributed by atoms with Crippen LogP contribution in [0.3, 0.4) is 0 Å². The van der Waals surface area contributed by atoms with Gasteiger partial charge in [0.15, 0.2) is 10.3 Å². The molecule has 0 bridgehead atoms. The smallest absolute Gasteiger partial charge is 0.226 e. The zero-order valence-corrected chi connectivity index (χ0v) is 15.3. The van der Waals surface area contributed by atoms with Crippen molar-refractivity contribution in [1.29, 1.82) is 0 Å². The maximum absolute atomic E-state index is 12.0. The van der Waals surface area contributed by atoms with Crippen molar-refractivity contribution >= 4 is 45.7 Å². The monoisotopic (exact) mass is 378 g/mol. The lowest BCUT2D eigenvalue weighted by Gasteiger charge is -2.02. The van der Waals surface area contributed by atoms with E-state index in [1.54, 1.807) is 18.0 Å². The molecular weight excluding hydrogens is 364 g/mol. The van der Waals surface area contributed by atoms with Gasteiger partial charge in [0.25, 0.3) is 0 Å². The van der Waals surface area contributed by atoms with Gasteiger partial charge < -0.3 is 9.88 Å². The number of halogens is 1. The van der Waals surface area contributed by atoms with E-state index in [-0.39, 0.29) is 5.91 Å². The summed E-state index contributed by atoms with van der Waals surface area (Å²) in [5.74, 6) is 0.625. The standard InChI is InChI=1S/C16H15ClN4OS2/c1-21-8-7-18-16(21)23-9-6-14(22)20-15-19-13(10-24-15)11-2-4-12(17)5-3-11/h2-5,7-8,10H,6,9H2,1H3,(H,19,20,22). The van der Waals surface area contributed by atoms with Crippen molar-refractivity contribution in [3.63, 3.8) is 0 Å². The lowest BCUT2D eigenvalue weighted by Crippen LogP contribution is -2.12. The number of aromatic nitrogens is 3. The normalized spacial score (nSPS) is 10.8. The number of thiazole rings is 1. The average Bonchev–Trinajstić information content (AvgIpc) is 3.18. The molecule has 2 aromatic heterocycles. The van der Waals surface area contributed by atoms with Crippen LogP contribution in [-0.2, 0) is 11.8 Å². The van der Waals surface area contributed by atoms with Gasteiger partial charge in [-0.3, -0.25) is 4.79 Å². The second kappa shape index (κ2) is 7.83. The van der Waals surface area contributed by atoms with Gasteiger partial charge in [0.05, 0.1) is 5.69 Å². The summed E-state index contributed by atoms with van der Waals surface area (Å²) in [5.41, 5.74) is 1.80. The van der Waals surface area contributed by atoms with E-state index in [4.69, 9.17) is 11.6 Å². The number of carbonyl (C=O) groups is 1. The molecule has 24 heavy (non-hydrogen) atoms. The Morgan fingerprint density at radius 1 is 1.38 bits per heavy atom. The molecule has 0 radical (unpaired) electrons. The summed E-state index contributed by atoms with van der Waals surface area (Å²) in [6, 6.07) is 7.46. The van der Waals surface area contributed by atoms with Crippen LogP contribution in [0.1, 0.15) is 6.42 Å². The Bertz CT molecular complexity index is 829.